The summed E-state index contributed by atoms with van der Waals surface area (Å²) in [6.07, 6.45) is -0.579. The number of aryl methyl sites for hydroxylation is 1. The molecule has 7 heteroatoms. The molecular formula is C17H13ClO6. The molecule has 1 aromatic carbocycles. The Bertz CT molecular complexity index is 984. The third kappa shape index (κ3) is 3.00. The Kier molecular flexibility index (Phi) is 4.07. The van der Waals surface area contributed by atoms with E-state index in [9.17, 15) is 9.59 Å². The Labute approximate surface area is 141 Å². The SMILES string of the molecule is Cc1cc(=O)oc2cc(OC(C)c3ccc(C(=O)O)o3)c(Cl)cc12. The zero-order chi connectivity index (χ0) is 17.4. The molecule has 0 amide bonds. The van der Waals surface area contributed by atoms with Gasteiger partial charge in [0.15, 0.2) is 6.10 Å². The Hall–Kier alpha value is -2.73. The van der Waals surface area contributed by atoms with Gasteiger partial charge in [0.05, 0.1) is 5.02 Å². The molecule has 3 aromatic rings. The fraction of sp³-hybridized carbons (Fsp3) is 0.176. The fourth-order valence-electron chi connectivity index (χ4n) is 2.34. The van der Waals surface area contributed by atoms with Gasteiger partial charge < -0.3 is 18.7 Å². The Morgan fingerprint density at radius 1 is 1.25 bits per heavy atom. The average Bonchev–Trinajstić information content (AvgIpc) is 2.99. The summed E-state index contributed by atoms with van der Waals surface area (Å²) < 4.78 is 16.1. The Morgan fingerprint density at radius 2 is 2.00 bits per heavy atom. The predicted molar refractivity (Wildman–Crippen MR) is 86.9 cm³/mol. The smallest absolute Gasteiger partial charge is 0.371 e. The quantitative estimate of drug-likeness (QED) is 0.711. The van der Waals surface area contributed by atoms with Crippen molar-refractivity contribution in [2.75, 3.05) is 0 Å². The van der Waals surface area contributed by atoms with Crippen molar-refractivity contribution in [2.24, 2.45) is 0 Å². The second kappa shape index (κ2) is 6.05. The molecular weight excluding hydrogens is 336 g/mol. The lowest BCUT2D eigenvalue weighted by Gasteiger charge is -2.14. The van der Waals surface area contributed by atoms with Gasteiger partial charge in [-0.15, -0.1) is 0 Å². The van der Waals surface area contributed by atoms with Gasteiger partial charge in [-0.1, -0.05) is 11.6 Å². The third-order valence-electron chi connectivity index (χ3n) is 3.55. The second-order valence-electron chi connectivity index (χ2n) is 5.29. The van der Waals surface area contributed by atoms with Crippen molar-refractivity contribution in [1.29, 1.82) is 0 Å². The largest absolute Gasteiger partial charge is 0.481 e. The molecule has 1 N–H and O–H groups in total. The lowest BCUT2D eigenvalue weighted by Crippen LogP contribution is -2.03. The number of ether oxygens (including phenoxy) is 1. The first kappa shape index (κ1) is 16.1. The van der Waals surface area contributed by atoms with E-state index in [1.807, 2.05) is 0 Å². The van der Waals surface area contributed by atoms with E-state index in [0.29, 0.717) is 27.5 Å². The maximum absolute atomic E-state index is 11.5. The van der Waals surface area contributed by atoms with Crippen molar-refractivity contribution in [2.45, 2.75) is 20.0 Å². The molecule has 2 heterocycles. The maximum atomic E-state index is 11.5. The van der Waals surface area contributed by atoms with E-state index in [-0.39, 0.29) is 5.76 Å². The molecule has 0 aliphatic heterocycles. The van der Waals surface area contributed by atoms with Gasteiger partial charge >= 0.3 is 11.6 Å². The number of hydrogen-bond acceptors (Lipinski definition) is 5. The Balaban J connectivity index is 1.95. The molecule has 3 rings (SSSR count). The molecule has 1 unspecified atom stereocenters. The molecule has 6 nitrogen and oxygen atoms in total. The van der Waals surface area contributed by atoms with Crippen LogP contribution in [0, 0.1) is 6.92 Å². The van der Waals surface area contributed by atoms with E-state index in [1.165, 1.54) is 24.3 Å². The van der Waals surface area contributed by atoms with Crippen molar-refractivity contribution in [3.63, 3.8) is 0 Å². The molecule has 0 spiro atoms. The van der Waals surface area contributed by atoms with Crippen LogP contribution in [-0.2, 0) is 0 Å². The molecule has 124 valence electrons. The van der Waals surface area contributed by atoms with Crippen LogP contribution in [0.15, 0.2) is 44.0 Å². The van der Waals surface area contributed by atoms with Crippen LogP contribution in [0.2, 0.25) is 5.02 Å². The molecule has 0 saturated heterocycles. The summed E-state index contributed by atoms with van der Waals surface area (Å²) in [5.41, 5.74) is 0.649. The van der Waals surface area contributed by atoms with Crippen molar-refractivity contribution in [3.8, 4) is 5.75 Å². The lowest BCUT2D eigenvalue weighted by molar-refractivity contribution is 0.0655. The van der Waals surface area contributed by atoms with Crippen LogP contribution in [-0.4, -0.2) is 11.1 Å². The number of fused-ring (bicyclic) bond motifs is 1. The number of furan rings is 1. The highest BCUT2D eigenvalue weighted by molar-refractivity contribution is 6.32. The predicted octanol–water partition coefficient (Wildman–Crippen LogP) is 4.19. The first-order valence-electron chi connectivity index (χ1n) is 7.09. The van der Waals surface area contributed by atoms with Crippen LogP contribution in [0.25, 0.3) is 11.0 Å². The van der Waals surface area contributed by atoms with E-state index >= 15 is 0 Å². The monoisotopic (exact) mass is 348 g/mol. The van der Waals surface area contributed by atoms with E-state index in [0.717, 1.165) is 5.56 Å². The van der Waals surface area contributed by atoms with Crippen LogP contribution >= 0.6 is 11.6 Å². The molecule has 0 aliphatic rings. The first-order chi connectivity index (χ1) is 11.3. The van der Waals surface area contributed by atoms with Crippen LogP contribution in [0.1, 0.15) is 34.9 Å². The van der Waals surface area contributed by atoms with Crippen molar-refractivity contribution in [3.05, 3.63) is 62.9 Å². The van der Waals surface area contributed by atoms with Crippen LogP contribution in [0.3, 0.4) is 0 Å². The third-order valence-corrected chi connectivity index (χ3v) is 3.84. The van der Waals surface area contributed by atoms with E-state index in [1.54, 1.807) is 19.9 Å². The summed E-state index contributed by atoms with van der Waals surface area (Å²) in [6.45, 7) is 3.48. The summed E-state index contributed by atoms with van der Waals surface area (Å²) in [4.78, 5) is 22.4. The molecule has 0 bridgehead atoms. The molecule has 1 atom stereocenters. The summed E-state index contributed by atoms with van der Waals surface area (Å²) in [5.74, 6) is -0.686. The number of carboxylic acid groups (broad SMARTS) is 1. The van der Waals surface area contributed by atoms with Gasteiger partial charge in [0.1, 0.15) is 17.1 Å². The van der Waals surface area contributed by atoms with E-state index in [4.69, 9.17) is 30.3 Å². The number of aromatic carboxylic acids is 1. The molecule has 0 fully saturated rings. The Morgan fingerprint density at radius 3 is 2.67 bits per heavy atom. The average molecular weight is 349 g/mol. The highest BCUT2D eigenvalue weighted by Crippen LogP contribution is 2.34. The minimum atomic E-state index is -1.16. The van der Waals surface area contributed by atoms with Gasteiger partial charge in [-0.3, -0.25) is 0 Å². The zero-order valence-corrected chi connectivity index (χ0v) is 13.6. The number of halogens is 1. The summed E-state index contributed by atoms with van der Waals surface area (Å²) in [7, 11) is 0. The molecule has 0 aliphatic carbocycles. The van der Waals surface area contributed by atoms with Crippen LogP contribution in [0.4, 0.5) is 0 Å². The van der Waals surface area contributed by atoms with Crippen LogP contribution < -0.4 is 10.4 Å². The lowest BCUT2D eigenvalue weighted by atomic mass is 10.1. The van der Waals surface area contributed by atoms with Gasteiger partial charge in [0.2, 0.25) is 5.76 Å². The first-order valence-corrected chi connectivity index (χ1v) is 7.46. The van der Waals surface area contributed by atoms with Gasteiger partial charge in [-0.25, -0.2) is 9.59 Å². The molecule has 0 saturated carbocycles. The summed E-state index contributed by atoms with van der Waals surface area (Å²) in [5, 5.41) is 9.94. The number of rotatable bonds is 4. The number of hydrogen-bond donors (Lipinski definition) is 1. The van der Waals surface area contributed by atoms with Gasteiger partial charge in [0, 0.05) is 17.5 Å². The normalized spacial score (nSPS) is 12.3. The standard InChI is InChI=1S/C17H13ClO6/c1-8-5-16(19)24-14-7-15(11(18)6-10(8)14)22-9(2)12-3-4-13(23-12)17(20)21/h3-7,9H,1-2H3,(H,20,21). The van der Waals surface area contributed by atoms with Crippen LogP contribution in [0.5, 0.6) is 5.75 Å². The van der Waals surface area contributed by atoms with Crippen molar-refractivity contribution >= 4 is 28.5 Å². The number of carbonyl (C=O) groups is 1. The highest BCUT2D eigenvalue weighted by Gasteiger charge is 2.17. The van der Waals surface area contributed by atoms with Crippen molar-refractivity contribution in [1.82, 2.24) is 0 Å². The van der Waals surface area contributed by atoms with Gasteiger partial charge in [-0.2, -0.15) is 0 Å². The maximum Gasteiger partial charge on any atom is 0.371 e. The van der Waals surface area contributed by atoms with Gasteiger partial charge in [-0.05, 0) is 37.6 Å². The fourth-order valence-corrected chi connectivity index (χ4v) is 2.55. The number of carboxylic acids is 1. The summed E-state index contributed by atoms with van der Waals surface area (Å²) in [6, 6.07) is 7.44. The molecule has 24 heavy (non-hydrogen) atoms. The topological polar surface area (TPSA) is 89.9 Å². The van der Waals surface area contributed by atoms with E-state index < -0.39 is 17.7 Å². The molecule has 0 radical (unpaired) electrons. The summed E-state index contributed by atoms with van der Waals surface area (Å²) >= 11 is 6.23. The minimum Gasteiger partial charge on any atom is -0.481 e. The van der Waals surface area contributed by atoms with Crippen molar-refractivity contribution < 1.29 is 23.5 Å². The molecule has 2 aromatic heterocycles. The highest BCUT2D eigenvalue weighted by atomic mass is 35.5. The zero-order valence-electron chi connectivity index (χ0n) is 12.8. The number of benzene rings is 1. The minimum absolute atomic E-state index is 0.174. The van der Waals surface area contributed by atoms with Gasteiger partial charge in [0.25, 0.3) is 0 Å². The second-order valence-corrected chi connectivity index (χ2v) is 5.70. The van der Waals surface area contributed by atoms with E-state index in [2.05, 4.69) is 0 Å².